The molecule has 7 heteroatoms. The second-order valence-electron chi connectivity index (χ2n) is 6.89. The highest BCUT2D eigenvalue weighted by Crippen LogP contribution is 2.33. The van der Waals surface area contributed by atoms with Crippen LogP contribution in [0.3, 0.4) is 0 Å². The fraction of sp³-hybridized carbons (Fsp3) is 0.167. The van der Waals surface area contributed by atoms with Gasteiger partial charge >= 0.3 is 5.97 Å². The molecule has 2 aromatic carbocycles. The molecule has 156 valence electrons. The quantitative estimate of drug-likeness (QED) is 0.389. The molecule has 0 atom stereocenters. The lowest BCUT2D eigenvalue weighted by atomic mass is 10.1. The first kappa shape index (κ1) is 20.7. The molecule has 0 aliphatic carbocycles. The Kier molecular flexibility index (Phi) is 6.04. The number of hydrogen-bond acceptors (Lipinski definition) is 7. The Bertz CT molecular complexity index is 1200. The number of benzene rings is 2. The fourth-order valence-corrected chi connectivity index (χ4v) is 4.08. The summed E-state index contributed by atoms with van der Waals surface area (Å²) >= 11 is 1.69. The number of aryl methyl sites for hydroxylation is 2. The molecule has 2 heterocycles. The van der Waals surface area contributed by atoms with Crippen molar-refractivity contribution in [1.82, 2.24) is 15.0 Å². The van der Waals surface area contributed by atoms with Gasteiger partial charge in [0.2, 0.25) is 0 Å². The van der Waals surface area contributed by atoms with Gasteiger partial charge in [0.25, 0.3) is 0 Å². The maximum atomic E-state index is 12.2. The second kappa shape index (κ2) is 9.06. The number of carbonyl (C=O) groups is 1. The minimum absolute atomic E-state index is 0.290. The highest BCUT2D eigenvalue weighted by atomic mass is 32.1. The van der Waals surface area contributed by atoms with Crippen LogP contribution < -0.4 is 5.32 Å². The molecule has 6 nitrogen and oxygen atoms in total. The molecule has 0 fully saturated rings. The van der Waals surface area contributed by atoms with Crippen molar-refractivity contribution in [3.05, 3.63) is 77.1 Å². The van der Waals surface area contributed by atoms with E-state index in [9.17, 15) is 4.79 Å². The van der Waals surface area contributed by atoms with E-state index < -0.39 is 5.97 Å². The van der Waals surface area contributed by atoms with Crippen LogP contribution in [0, 0.1) is 13.8 Å². The van der Waals surface area contributed by atoms with Crippen molar-refractivity contribution in [3.8, 4) is 21.8 Å². The summed E-state index contributed by atoms with van der Waals surface area (Å²) in [6.07, 6.45) is 1.49. The monoisotopic (exact) mass is 430 g/mol. The maximum Gasteiger partial charge on any atom is 0.343 e. The number of carbonyl (C=O) groups excluding carboxylic acids is 1. The zero-order valence-corrected chi connectivity index (χ0v) is 18.4. The molecule has 4 aromatic rings. The summed E-state index contributed by atoms with van der Waals surface area (Å²) in [6.45, 7) is 5.92. The first-order valence-electron chi connectivity index (χ1n) is 9.96. The largest absolute Gasteiger partial charge is 0.462 e. The molecule has 2 aromatic heterocycles. The van der Waals surface area contributed by atoms with Crippen LogP contribution in [0.5, 0.6) is 0 Å². The Morgan fingerprint density at radius 2 is 1.74 bits per heavy atom. The van der Waals surface area contributed by atoms with Crippen LogP contribution in [0.25, 0.3) is 21.8 Å². The van der Waals surface area contributed by atoms with Crippen LogP contribution in [0.15, 0.2) is 60.8 Å². The summed E-state index contributed by atoms with van der Waals surface area (Å²) in [5, 5.41) is 4.21. The van der Waals surface area contributed by atoms with E-state index in [2.05, 4.69) is 34.3 Å². The van der Waals surface area contributed by atoms with E-state index in [1.165, 1.54) is 6.20 Å². The topological polar surface area (TPSA) is 77.0 Å². The molecule has 0 aliphatic rings. The molecule has 0 spiro atoms. The number of aromatic nitrogens is 3. The van der Waals surface area contributed by atoms with Gasteiger partial charge in [-0.2, -0.15) is 0 Å². The Hall–Kier alpha value is -3.58. The molecule has 0 saturated carbocycles. The third-order valence-electron chi connectivity index (χ3n) is 4.64. The van der Waals surface area contributed by atoms with Gasteiger partial charge in [-0.25, -0.2) is 19.7 Å². The average molecular weight is 431 g/mol. The van der Waals surface area contributed by atoms with Gasteiger partial charge in [0, 0.05) is 27.9 Å². The number of anilines is 2. The first-order valence-corrected chi connectivity index (χ1v) is 10.8. The molecular formula is C24H22N4O2S. The summed E-state index contributed by atoms with van der Waals surface area (Å²) in [5.41, 5.74) is 4.24. The van der Waals surface area contributed by atoms with E-state index in [0.29, 0.717) is 23.8 Å². The van der Waals surface area contributed by atoms with Crippen molar-refractivity contribution >= 4 is 28.8 Å². The number of nitrogens with zero attached hydrogens (tertiary/aromatic N) is 3. The lowest BCUT2D eigenvalue weighted by Crippen LogP contribution is -2.11. The highest BCUT2D eigenvalue weighted by Gasteiger charge is 2.16. The normalized spacial score (nSPS) is 10.7. The number of nitrogens with one attached hydrogen (secondary N) is 1. The van der Waals surface area contributed by atoms with Crippen molar-refractivity contribution in [2.75, 3.05) is 11.9 Å². The molecule has 0 bridgehead atoms. The van der Waals surface area contributed by atoms with Crippen molar-refractivity contribution in [2.24, 2.45) is 0 Å². The average Bonchev–Trinajstić information content (AvgIpc) is 3.17. The Balaban J connectivity index is 1.58. The van der Waals surface area contributed by atoms with E-state index >= 15 is 0 Å². The zero-order chi connectivity index (χ0) is 21.8. The van der Waals surface area contributed by atoms with Gasteiger partial charge in [0.05, 0.1) is 12.3 Å². The fourth-order valence-electron chi connectivity index (χ4n) is 3.14. The molecule has 4 rings (SSSR count). The van der Waals surface area contributed by atoms with Crippen LogP contribution in [-0.2, 0) is 4.74 Å². The summed E-state index contributed by atoms with van der Waals surface area (Å²) < 4.78 is 5.11. The van der Waals surface area contributed by atoms with Gasteiger partial charge in [-0.1, -0.05) is 42.5 Å². The van der Waals surface area contributed by atoms with Crippen LogP contribution >= 0.6 is 11.3 Å². The summed E-state index contributed by atoms with van der Waals surface area (Å²) in [5.74, 6) is 0.543. The molecular weight excluding hydrogens is 408 g/mol. The lowest BCUT2D eigenvalue weighted by Gasteiger charge is -2.11. The maximum absolute atomic E-state index is 12.2. The zero-order valence-electron chi connectivity index (χ0n) is 17.5. The summed E-state index contributed by atoms with van der Waals surface area (Å²) in [7, 11) is 0. The Morgan fingerprint density at radius 3 is 2.45 bits per heavy atom. The molecule has 0 aliphatic heterocycles. The number of rotatable bonds is 6. The molecule has 31 heavy (non-hydrogen) atoms. The highest BCUT2D eigenvalue weighted by molar-refractivity contribution is 7.15. The standard InChI is InChI=1S/C24H22N4O2S/c1-4-30-24(29)20-14-25-16(3)26-22(20)27-19-12-10-17(11-13-19)21-15(2)31-23(28-21)18-8-6-5-7-9-18/h5-14H,4H2,1-3H3,(H,25,26,27). The number of thiazole rings is 1. The molecule has 0 saturated heterocycles. The van der Waals surface area contributed by atoms with Gasteiger partial charge in [0.15, 0.2) is 0 Å². The van der Waals surface area contributed by atoms with Crippen molar-refractivity contribution in [2.45, 2.75) is 20.8 Å². The number of hydrogen-bond donors (Lipinski definition) is 1. The van der Waals surface area contributed by atoms with E-state index in [-0.39, 0.29) is 0 Å². The molecule has 0 radical (unpaired) electrons. The van der Waals surface area contributed by atoms with Gasteiger partial charge in [-0.3, -0.25) is 0 Å². The number of ether oxygens (including phenoxy) is 1. The predicted octanol–water partition coefficient (Wildman–Crippen LogP) is 5.80. The lowest BCUT2D eigenvalue weighted by molar-refractivity contribution is 0.0526. The van der Waals surface area contributed by atoms with E-state index in [4.69, 9.17) is 9.72 Å². The van der Waals surface area contributed by atoms with E-state index in [1.54, 1.807) is 25.2 Å². The van der Waals surface area contributed by atoms with E-state index in [0.717, 1.165) is 32.4 Å². The molecule has 1 N–H and O–H groups in total. The third kappa shape index (κ3) is 4.62. The van der Waals surface area contributed by atoms with Gasteiger partial charge in [-0.05, 0) is 32.9 Å². The van der Waals surface area contributed by atoms with Crippen LogP contribution in [0.2, 0.25) is 0 Å². The summed E-state index contributed by atoms with van der Waals surface area (Å²) in [6, 6.07) is 18.1. The SMILES string of the molecule is CCOC(=O)c1cnc(C)nc1Nc1ccc(-c2nc(-c3ccccc3)sc2C)cc1. The second-order valence-corrected chi connectivity index (χ2v) is 8.10. The van der Waals surface area contributed by atoms with Crippen LogP contribution in [0.4, 0.5) is 11.5 Å². The third-order valence-corrected chi connectivity index (χ3v) is 5.66. The minimum Gasteiger partial charge on any atom is -0.462 e. The Labute approximate surface area is 185 Å². The summed E-state index contributed by atoms with van der Waals surface area (Å²) in [4.78, 5) is 26.7. The first-order chi connectivity index (χ1) is 15.0. The molecule has 0 unspecified atom stereocenters. The van der Waals surface area contributed by atoms with Crippen molar-refractivity contribution in [3.63, 3.8) is 0 Å². The smallest absolute Gasteiger partial charge is 0.343 e. The van der Waals surface area contributed by atoms with Gasteiger partial charge in [0.1, 0.15) is 22.2 Å². The Morgan fingerprint density at radius 1 is 1.00 bits per heavy atom. The predicted molar refractivity (Wildman–Crippen MR) is 124 cm³/mol. The molecule has 0 amide bonds. The van der Waals surface area contributed by atoms with Crippen molar-refractivity contribution < 1.29 is 9.53 Å². The van der Waals surface area contributed by atoms with Crippen molar-refractivity contribution in [1.29, 1.82) is 0 Å². The van der Waals surface area contributed by atoms with Gasteiger partial charge in [-0.15, -0.1) is 11.3 Å². The van der Waals surface area contributed by atoms with Crippen LogP contribution in [-0.4, -0.2) is 27.5 Å². The number of esters is 1. The van der Waals surface area contributed by atoms with Crippen LogP contribution in [0.1, 0.15) is 28.0 Å². The minimum atomic E-state index is -0.451. The van der Waals surface area contributed by atoms with Gasteiger partial charge < -0.3 is 10.1 Å². The van der Waals surface area contributed by atoms with E-state index in [1.807, 2.05) is 42.5 Å².